The van der Waals surface area contributed by atoms with Crippen LogP contribution >= 0.6 is 34.7 Å². The minimum atomic E-state index is -0.727. The normalized spacial score (nSPS) is 11.9. The van der Waals surface area contributed by atoms with E-state index >= 15 is 0 Å². The lowest BCUT2D eigenvalue weighted by Crippen LogP contribution is -2.36. The maximum absolute atomic E-state index is 11.6. The van der Waals surface area contributed by atoms with Crippen LogP contribution in [0.4, 0.5) is 0 Å². The van der Waals surface area contributed by atoms with Crippen molar-refractivity contribution in [3.63, 3.8) is 0 Å². The number of hydrogen-bond donors (Lipinski definition) is 1. The van der Waals surface area contributed by atoms with Gasteiger partial charge in [-0.05, 0) is 11.5 Å². The van der Waals surface area contributed by atoms with Crippen molar-refractivity contribution in [1.29, 1.82) is 5.26 Å². The highest BCUT2D eigenvalue weighted by atomic mass is 35.5. The molecule has 8 heteroatoms. The molecule has 0 saturated carbocycles. The van der Waals surface area contributed by atoms with Gasteiger partial charge >= 0.3 is 0 Å². The van der Waals surface area contributed by atoms with Crippen LogP contribution in [0.1, 0.15) is 9.67 Å². The molecule has 1 aromatic heterocycles. The zero-order chi connectivity index (χ0) is 12.1. The number of halogens is 2. The SMILES string of the molecule is COCC(C#N)NC(=O)c1snc(Cl)c1Cl. The summed E-state index contributed by atoms with van der Waals surface area (Å²) < 4.78 is 8.48. The quantitative estimate of drug-likeness (QED) is 0.911. The first-order chi connectivity index (χ1) is 7.60. The number of hydrogen-bond acceptors (Lipinski definition) is 5. The van der Waals surface area contributed by atoms with Gasteiger partial charge in [-0.3, -0.25) is 4.79 Å². The van der Waals surface area contributed by atoms with Crippen molar-refractivity contribution in [1.82, 2.24) is 9.69 Å². The van der Waals surface area contributed by atoms with Crippen molar-refractivity contribution in [2.24, 2.45) is 0 Å². The van der Waals surface area contributed by atoms with Crippen LogP contribution in [0.3, 0.4) is 0 Å². The molecule has 0 saturated heterocycles. The number of amides is 1. The minimum Gasteiger partial charge on any atom is -0.381 e. The fraction of sp³-hybridized carbons (Fsp3) is 0.375. The summed E-state index contributed by atoms with van der Waals surface area (Å²) in [5, 5.41) is 11.3. The molecular weight excluding hydrogens is 273 g/mol. The molecule has 16 heavy (non-hydrogen) atoms. The van der Waals surface area contributed by atoms with Gasteiger partial charge in [0, 0.05) is 7.11 Å². The van der Waals surface area contributed by atoms with Crippen molar-refractivity contribution < 1.29 is 9.53 Å². The van der Waals surface area contributed by atoms with E-state index in [1.807, 2.05) is 6.07 Å². The molecule has 1 heterocycles. The summed E-state index contributed by atoms with van der Waals surface area (Å²) in [4.78, 5) is 11.8. The van der Waals surface area contributed by atoms with E-state index in [-0.39, 0.29) is 21.7 Å². The summed E-state index contributed by atoms with van der Waals surface area (Å²) in [7, 11) is 1.44. The third-order valence-corrected chi connectivity index (χ3v) is 3.39. The molecular formula is C8H7Cl2N3O2S. The molecule has 1 unspecified atom stereocenters. The summed E-state index contributed by atoms with van der Waals surface area (Å²) in [6, 6.07) is 1.15. The second kappa shape index (κ2) is 6.01. The zero-order valence-corrected chi connectivity index (χ0v) is 10.5. The highest BCUT2D eigenvalue weighted by Crippen LogP contribution is 2.28. The third-order valence-electron chi connectivity index (χ3n) is 1.60. The van der Waals surface area contributed by atoms with Crippen LogP contribution in [-0.4, -0.2) is 30.0 Å². The third kappa shape index (κ3) is 3.06. The van der Waals surface area contributed by atoms with E-state index in [9.17, 15) is 4.79 Å². The van der Waals surface area contributed by atoms with Gasteiger partial charge in [0.2, 0.25) is 0 Å². The van der Waals surface area contributed by atoms with E-state index in [4.69, 9.17) is 33.2 Å². The largest absolute Gasteiger partial charge is 0.381 e. The molecule has 1 atom stereocenters. The smallest absolute Gasteiger partial charge is 0.265 e. The molecule has 1 rings (SSSR count). The first-order valence-electron chi connectivity index (χ1n) is 4.10. The Labute approximate surface area is 106 Å². The lowest BCUT2D eigenvalue weighted by molar-refractivity contribution is 0.0922. The Bertz CT molecular complexity index is 429. The lowest BCUT2D eigenvalue weighted by Gasteiger charge is -2.08. The van der Waals surface area contributed by atoms with Crippen LogP contribution in [0.15, 0.2) is 0 Å². The second-order valence-corrected chi connectivity index (χ2v) is 4.24. The van der Waals surface area contributed by atoms with Crippen LogP contribution in [0.25, 0.3) is 0 Å². The molecule has 0 aliphatic carbocycles. The maximum Gasteiger partial charge on any atom is 0.265 e. The second-order valence-electron chi connectivity index (χ2n) is 2.73. The Balaban J connectivity index is 2.73. The highest BCUT2D eigenvalue weighted by molar-refractivity contribution is 7.09. The average molecular weight is 280 g/mol. The molecule has 5 nitrogen and oxygen atoms in total. The summed E-state index contributed by atoms with van der Waals surface area (Å²) >= 11 is 12.2. The number of aromatic nitrogens is 1. The predicted molar refractivity (Wildman–Crippen MR) is 60.9 cm³/mol. The number of nitriles is 1. The van der Waals surface area contributed by atoms with E-state index < -0.39 is 11.9 Å². The van der Waals surface area contributed by atoms with E-state index in [0.717, 1.165) is 11.5 Å². The van der Waals surface area contributed by atoms with Crippen LogP contribution in [-0.2, 0) is 4.74 Å². The van der Waals surface area contributed by atoms with Crippen LogP contribution in [0.5, 0.6) is 0 Å². The van der Waals surface area contributed by atoms with E-state index in [1.54, 1.807) is 0 Å². The predicted octanol–water partition coefficient (Wildman–Crippen LogP) is 1.72. The first kappa shape index (κ1) is 13.2. The number of nitrogens with zero attached hydrogens (tertiary/aromatic N) is 2. The van der Waals surface area contributed by atoms with Gasteiger partial charge in [0.1, 0.15) is 15.9 Å². The van der Waals surface area contributed by atoms with Gasteiger partial charge in [0.15, 0.2) is 5.15 Å². The van der Waals surface area contributed by atoms with E-state index in [2.05, 4.69) is 9.69 Å². The van der Waals surface area contributed by atoms with Gasteiger partial charge in [0.05, 0.1) is 12.7 Å². The van der Waals surface area contributed by atoms with Crippen LogP contribution < -0.4 is 5.32 Å². The van der Waals surface area contributed by atoms with Crippen molar-refractivity contribution >= 4 is 40.6 Å². The number of nitrogens with one attached hydrogen (secondary N) is 1. The molecule has 0 radical (unpaired) electrons. The standard InChI is InChI=1S/C8H7Cl2N3O2S/c1-15-3-4(2-11)12-8(14)6-5(9)7(10)13-16-6/h4H,3H2,1H3,(H,12,14). The molecule has 0 aliphatic rings. The van der Waals surface area contributed by atoms with Crippen LogP contribution in [0, 0.1) is 11.3 Å². The minimum absolute atomic E-state index is 0.0806. The Morgan fingerprint density at radius 3 is 2.88 bits per heavy atom. The van der Waals surface area contributed by atoms with E-state index in [0.29, 0.717) is 0 Å². The fourth-order valence-corrected chi connectivity index (χ4v) is 2.02. The molecule has 1 amide bonds. The first-order valence-corrected chi connectivity index (χ1v) is 5.63. The molecule has 0 aromatic carbocycles. The number of rotatable bonds is 4. The van der Waals surface area contributed by atoms with E-state index in [1.165, 1.54) is 7.11 Å². The average Bonchev–Trinajstić information content (AvgIpc) is 2.59. The molecule has 0 fully saturated rings. The topological polar surface area (TPSA) is 75.0 Å². The highest BCUT2D eigenvalue weighted by Gasteiger charge is 2.20. The number of carbonyl (C=O) groups excluding carboxylic acids is 1. The summed E-state index contributed by atoms with van der Waals surface area (Å²) in [5.74, 6) is -0.488. The summed E-state index contributed by atoms with van der Waals surface area (Å²) in [6.07, 6.45) is 0. The number of methoxy groups -OCH3 is 1. The van der Waals surface area contributed by atoms with Crippen molar-refractivity contribution in [3.05, 3.63) is 15.1 Å². The summed E-state index contributed by atoms with van der Waals surface area (Å²) in [5.41, 5.74) is 0. The fourth-order valence-electron chi connectivity index (χ4n) is 0.902. The monoisotopic (exact) mass is 279 g/mol. The number of carbonyl (C=O) groups is 1. The Morgan fingerprint density at radius 1 is 1.75 bits per heavy atom. The van der Waals surface area contributed by atoms with Crippen molar-refractivity contribution in [2.75, 3.05) is 13.7 Å². The summed E-state index contributed by atoms with van der Waals surface area (Å²) in [6.45, 7) is 0.104. The molecule has 1 aromatic rings. The van der Waals surface area contributed by atoms with Gasteiger partial charge in [-0.25, -0.2) is 0 Å². The van der Waals surface area contributed by atoms with Gasteiger partial charge in [0.25, 0.3) is 5.91 Å². The van der Waals surface area contributed by atoms with Gasteiger partial charge in [-0.1, -0.05) is 23.2 Å². The van der Waals surface area contributed by atoms with Gasteiger partial charge in [-0.15, -0.1) is 0 Å². The van der Waals surface area contributed by atoms with Crippen LogP contribution in [0.2, 0.25) is 10.2 Å². The maximum atomic E-state index is 11.6. The molecule has 0 bridgehead atoms. The number of ether oxygens (including phenoxy) is 1. The molecule has 86 valence electrons. The van der Waals surface area contributed by atoms with Crippen molar-refractivity contribution in [2.45, 2.75) is 6.04 Å². The molecule has 1 N–H and O–H groups in total. The van der Waals surface area contributed by atoms with Gasteiger partial charge < -0.3 is 10.1 Å². The van der Waals surface area contributed by atoms with Crippen molar-refractivity contribution in [3.8, 4) is 6.07 Å². The Morgan fingerprint density at radius 2 is 2.44 bits per heavy atom. The Hall–Kier alpha value is -0.870. The zero-order valence-electron chi connectivity index (χ0n) is 8.16. The molecule has 0 spiro atoms. The van der Waals surface area contributed by atoms with Gasteiger partial charge in [-0.2, -0.15) is 9.64 Å². The molecule has 0 aliphatic heterocycles. The lowest BCUT2D eigenvalue weighted by atomic mass is 10.3. The Kier molecular flexibility index (Phi) is 4.96.